The zero-order valence-electron chi connectivity index (χ0n) is 8.40. The molecule has 0 saturated carbocycles. The van der Waals surface area contributed by atoms with Gasteiger partial charge in [-0.05, 0) is 23.8 Å². The topological polar surface area (TPSA) is 44.0 Å². The largest absolute Gasteiger partial charge is 0.395 e. The SMILES string of the molecule is CC(CO)SCc1cc(F)ccc1C#N. The standard InChI is InChI=1S/C11H12FNOS/c1-8(6-14)15-7-10-4-11(12)3-2-9(10)5-13/h2-4,8,14H,6-7H2,1H3. The number of aliphatic hydroxyl groups is 1. The van der Waals surface area contributed by atoms with Crippen LogP contribution in [0.4, 0.5) is 4.39 Å². The molecular weight excluding hydrogens is 213 g/mol. The first-order valence-corrected chi connectivity index (χ1v) is 5.63. The van der Waals surface area contributed by atoms with Gasteiger partial charge in [0, 0.05) is 11.0 Å². The predicted octanol–water partition coefficient (Wildman–Crippen LogP) is 2.31. The highest BCUT2D eigenvalue weighted by Gasteiger charge is 2.06. The molecule has 1 aromatic carbocycles. The minimum absolute atomic E-state index is 0.0852. The molecule has 15 heavy (non-hydrogen) atoms. The number of thioether (sulfide) groups is 1. The molecule has 0 saturated heterocycles. The van der Waals surface area contributed by atoms with Crippen molar-refractivity contribution in [2.24, 2.45) is 0 Å². The Hall–Kier alpha value is -1.05. The highest BCUT2D eigenvalue weighted by Crippen LogP contribution is 2.20. The lowest BCUT2D eigenvalue weighted by Crippen LogP contribution is -2.03. The Morgan fingerprint density at radius 3 is 2.93 bits per heavy atom. The number of aliphatic hydroxyl groups excluding tert-OH is 1. The lowest BCUT2D eigenvalue weighted by molar-refractivity contribution is 0.300. The van der Waals surface area contributed by atoms with E-state index in [4.69, 9.17) is 10.4 Å². The van der Waals surface area contributed by atoms with Gasteiger partial charge in [0.2, 0.25) is 0 Å². The molecule has 2 nitrogen and oxygen atoms in total. The fraction of sp³-hybridized carbons (Fsp3) is 0.364. The van der Waals surface area contributed by atoms with Crippen molar-refractivity contribution in [3.8, 4) is 6.07 Å². The van der Waals surface area contributed by atoms with Crippen LogP contribution >= 0.6 is 11.8 Å². The molecular formula is C11H12FNOS. The second-order valence-corrected chi connectivity index (χ2v) is 4.64. The predicted molar refractivity (Wildman–Crippen MR) is 59.0 cm³/mol. The van der Waals surface area contributed by atoms with Crippen LogP contribution in [0.3, 0.4) is 0 Å². The zero-order chi connectivity index (χ0) is 11.3. The first kappa shape index (κ1) is 12.0. The van der Waals surface area contributed by atoms with Gasteiger partial charge in [-0.3, -0.25) is 0 Å². The maximum atomic E-state index is 12.9. The van der Waals surface area contributed by atoms with Gasteiger partial charge in [0.1, 0.15) is 5.82 Å². The second kappa shape index (κ2) is 5.74. The van der Waals surface area contributed by atoms with E-state index in [0.29, 0.717) is 16.9 Å². The lowest BCUT2D eigenvalue weighted by Gasteiger charge is -2.08. The Bertz CT molecular complexity index is 375. The van der Waals surface area contributed by atoms with Gasteiger partial charge in [-0.25, -0.2) is 4.39 Å². The molecule has 80 valence electrons. The molecule has 0 aromatic heterocycles. The minimum atomic E-state index is -0.332. The van der Waals surface area contributed by atoms with Gasteiger partial charge in [-0.1, -0.05) is 6.92 Å². The molecule has 0 aliphatic rings. The van der Waals surface area contributed by atoms with Gasteiger partial charge >= 0.3 is 0 Å². The second-order valence-electron chi connectivity index (χ2n) is 3.22. The first-order chi connectivity index (χ1) is 7.17. The van der Waals surface area contributed by atoms with Crippen LogP contribution in [0.5, 0.6) is 0 Å². The molecule has 1 atom stereocenters. The van der Waals surface area contributed by atoms with E-state index in [9.17, 15) is 4.39 Å². The molecule has 0 amide bonds. The third-order valence-electron chi connectivity index (χ3n) is 1.97. The van der Waals surface area contributed by atoms with Crippen molar-refractivity contribution in [2.75, 3.05) is 6.61 Å². The Balaban J connectivity index is 2.75. The fourth-order valence-electron chi connectivity index (χ4n) is 1.08. The number of benzene rings is 1. The fourth-order valence-corrected chi connectivity index (χ4v) is 1.88. The molecule has 0 fully saturated rings. The zero-order valence-corrected chi connectivity index (χ0v) is 9.22. The number of halogens is 1. The summed E-state index contributed by atoms with van der Waals surface area (Å²) in [5.41, 5.74) is 1.18. The Kier molecular flexibility index (Phi) is 4.60. The lowest BCUT2D eigenvalue weighted by atomic mass is 10.1. The quantitative estimate of drug-likeness (QED) is 0.855. The van der Waals surface area contributed by atoms with Crippen LogP contribution in [0, 0.1) is 17.1 Å². The Morgan fingerprint density at radius 1 is 1.60 bits per heavy atom. The van der Waals surface area contributed by atoms with Crippen molar-refractivity contribution in [1.29, 1.82) is 5.26 Å². The summed E-state index contributed by atoms with van der Waals surface area (Å²) in [6.45, 7) is 1.97. The molecule has 0 aliphatic heterocycles. The monoisotopic (exact) mass is 225 g/mol. The average molecular weight is 225 g/mol. The van der Waals surface area contributed by atoms with Crippen LogP contribution in [-0.2, 0) is 5.75 Å². The van der Waals surface area contributed by atoms with Crippen LogP contribution in [0.1, 0.15) is 18.1 Å². The van der Waals surface area contributed by atoms with E-state index < -0.39 is 0 Å². The van der Waals surface area contributed by atoms with Crippen molar-refractivity contribution in [2.45, 2.75) is 17.9 Å². The van der Waals surface area contributed by atoms with Crippen molar-refractivity contribution >= 4 is 11.8 Å². The Morgan fingerprint density at radius 2 is 2.33 bits per heavy atom. The summed E-state index contributed by atoms with van der Waals surface area (Å²) in [6, 6.07) is 6.15. The van der Waals surface area contributed by atoms with Gasteiger partial charge in [0.05, 0.1) is 18.2 Å². The maximum absolute atomic E-state index is 12.9. The summed E-state index contributed by atoms with van der Waals surface area (Å²) in [5.74, 6) is 0.212. The van der Waals surface area contributed by atoms with E-state index in [0.717, 1.165) is 0 Å². The third-order valence-corrected chi connectivity index (χ3v) is 3.16. The van der Waals surface area contributed by atoms with Crippen LogP contribution < -0.4 is 0 Å². The first-order valence-electron chi connectivity index (χ1n) is 4.58. The molecule has 1 aromatic rings. The Labute approximate surface area is 92.7 Å². The number of nitriles is 1. The van der Waals surface area contributed by atoms with E-state index in [-0.39, 0.29) is 17.7 Å². The highest BCUT2D eigenvalue weighted by atomic mass is 32.2. The molecule has 1 N–H and O–H groups in total. The van der Waals surface area contributed by atoms with Crippen molar-refractivity contribution in [1.82, 2.24) is 0 Å². The summed E-state index contributed by atoms with van der Waals surface area (Å²) in [5, 5.41) is 17.7. The molecule has 0 heterocycles. The van der Waals surface area contributed by atoms with Gasteiger partial charge in [-0.2, -0.15) is 17.0 Å². The molecule has 4 heteroatoms. The minimum Gasteiger partial charge on any atom is -0.395 e. The smallest absolute Gasteiger partial charge is 0.123 e. The summed E-state index contributed by atoms with van der Waals surface area (Å²) in [7, 11) is 0. The summed E-state index contributed by atoms with van der Waals surface area (Å²) in [6.07, 6.45) is 0. The van der Waals surface area contributed by atoms with E-state index >= 15 is 0 Å². The van der Waals surface area contributed by atoms with E-state index in [1.807, 2.05) is 13.0 Å². The van der Waals surface area contributed by atoms with Gasteiger partial charge in [0.25, 0.3) is 0 Å². The van der Waals surface area contributed by atoms with E-state index in [1.165, 1.54) is 30.0 Å². The molecule has 1 unspecified atom stereocenters. The number of nitrogens with zero attached hydrogens (tertiary/aromatic N) is 1. The number of rotatable bonds is 4. The average Bonchev–Trinajstić information content (AvgIpc) is 2.26. The van der Waals surface area contributed by atoms with Crippen molar-refractivity contribution in [3.05, 3.63) is 35.1 Å². The van der Waals surface area contributed by atoms with E-state index in [2.05, 4.69) is 0 Å². The summed E-state index contributed by atoms with van der Waals surface area (Å²) in [4.78, 5) is 0. The third kappa shape index (κ3) is 3.54. The highest BCUT2D eigenvalue weighted by molar-refractivity contribution is 7.99. The maximum Gasteiger partial charge on any atom is 0.123 e. The van der Waals surface area contributed by atoms with Crippen LogP contribution in [0.2, 0.25) is 0 Å². The molecule has 1 rings (SSSR count). The molecule has 0 radical (unpaired) electrons. The molecule has 0 spiro atoms. The van der Waals surface area contributed by atoms with Gasteiger partial charge in [0.15, 0.2) is 0 Å². The van der Waals surface area contributed by atoms with Gasteiger partial charge < -0.3 is 5.11 Å². The van der Waals surface area contributed by atoms with Crippen molar-refractivity contribution in [3.63, 3.8) is 0 Å². The van der Waals surface area contributed by atoms with Crippen molar-refractivity contribution < 1.29 is 9.50 Å². The van der Waals surface area contributed by atoms with Crippen LogP contribution in [0.25, 0.3) is 0 Å². The van der Waals surface area contributed by atoms with Gasteiger partial charge in [-0.15, -0.1) is 0 Å². The molecule has 0 bridgehead atoms. The summed E-state index contributed by atoms with van der Waals surface area (Å²) >= 11 is 1.50. The number of hydrogen-bond donors (Lipinski definition) is 1. The normalized spacial score (nSPS) is 12.1. The van der Waals surface area contributed by atoms with Crippen LogP contribution in [0.15, 0.2) is 18.2 Å². The number of hydrogen-bond acceptors (Lipinski definition) is 3. The van der Waals surface area contributed by atoms with E-state index in [1.54, 1.807) is 0 Å². The summed E-state index contributed by atoms with van der Waals surface area (Å²) < 4.78 is 12.9. The molecule has 0 aliphatic carbocycles. The van der Waals surface area contributed by atoms with Crippen LogP contribution in [-0.4, -0.2) is 17.0 Å².